The molecule has 1 amide bonds. The number of ether oxygens (including phenoxy) is 1. The van der Waals surface area contributed by atoms with Crippen molar-refractivity contribution in [1.29, 1.82) is 0 Å². The quantitative estimate of drug-likeness (QED) is 0.634. The van der Waals surface area contributed by atoms with Crippen LogP contribution in [0.5, 0.6) is 5.75 Å². The van der Waals surface area contributed by atoms with E-state index in [1.807, 2.05) is 18.2 Å². The molecule has 0 radical (unpaired) electrons. The number of amides is 1. The summed E-state index contributed by atoms with van der Waals surface area (Å²) in [5, 5.41) is 6.40. The minimum Gasteiger partial charge on any atom is -0.484 e. The van der Waals surface area contributed by atoms with E-state index in [4.69, 9.17) is 4.74 Å². The molecule has 0 aliphatic heterocycles. The van der Waals surface area contributed by atoms with Crippen LogP contribution in [0.2, 0.25) is 0 Å². The van der Waals surface area contributed by atoms with Gasteiger partial charge in [0, 0.05) is 12.6 Å². The fourth-order valence-corrected chi connectivity index (χ4v) is 2.80. The van der Waals surface area contributed by atoms with Crippen LogP contribution in [0, 0.1) is 0 Å². The molecule has 0 aromatic heterocycles. The SMILES string of the molecule is C/C(=C/c1ccccc1)CNCCc1ccc(OCC(=O)NC2CC2)cc1. The van der Waals surface area contributed by atoms with E-state index in [1.165, 1.54) is 16.7 Å². The Hall–Kier alpha value is -2.59. The van der Waals surface area contributed by atoms with E-state index >= 15 is 0 Å². The van der Waals surface area contributed by atoms with Crippen molar-refractivity contribution < 1.29 is 9.53 Å². The van der Waals surface area contributed by atoms with Crippen LogP contribution in [0.4, 0.5) is 0 Å². The maximum Gasteiger partial charge on any atom is 0.258 e. The summed E-state index contributed by atoms with van der Waals surface area (Å²) in [6, 6.07) is 18.7. The van der Waals surface area contributed by atoms with E-state index in [1.54, 1.807) is 0 Å². The van der Waals surface area contributed by atoms with Gasteiger partial charge >= 0.3 is 0 Å². The molecule has 142 valence electrons. The lowest BCUT2D eigenvalue weighted by Crippen LogP contribution is -2.30. The van der Waals surface area contributed by atoms with E-state index < -0.39 is 0 Å². The summed E-state index contributed by atoms with van der Waals surface area (Å²) in [5.74, 6) is 0.698. The van der Waals surface area contributed by atoms with Crippen LogP contribution in [0.15, 0.2) is 60.2 Å². The maximum atomic E-state index is 11.6. The first-order valence-corrected chi connectivity index (χ1v) is 9.63. The molecular formula is C23H28N2O2. The van der Waals surface area contributed by atoms with Crippen molar-refractivity contribution in [2.75, 3.05) is 19.7 Å². The second-order valence-corrected chi connectivity index (χ2v) is 7.10. The minimum absolute atomic E-state index is 0.0373. The molecule has 0 heterocycles. The van der Waals surface area contributed by atoms with Gasteiger partial charge in [-0.25, -0.2) is 0 Å². The van der Waals surface area contributed by atoms with Crippen molar-refractivity contribution in [3.05, 3.63) is 71.3 Å². The third-order valence-electron chi connectivity index (χ3n) is 4.44. The van der Waals surface area contributed by atoms with Crippen molar-refractivity contribution in [3.8, 4) is 5.75 Å². The molecule has 1 aliphatic rings. The molecule has 27 heavy (non-hydrogen) atoms. The molecule has 0 unspecified atom stereocenters. The first kappa shape index (κ1) is 19.2. The Bertz CT molecular complexity index is 750. The Kier molecular flexibility index (Phi) is 7.05. The van der Waals surface area contributed by atoms with E-state index in [9.17, 15) is 4.79 Å². The Balaban J connectivity index is 1.33. The maximum absolute atomic E-state index is 11.6. The highest BCUT2D eigenvalue weighted by molar-refractivity contribution is 5.78. The summed E-state index contributed by atoms with van der Waals surface area (Å²) in [6.45, 7) is 4.03. The zero-order valence-corrected chi connectivity index (χ0v) is 15.9. The fraction of sp³-hybridized carbons (Fsp3) is 0.348. The van der Waals surface area contributed by atoms with E-state index in [2.05, 4.69) is 60.0 Å². The Morgan fingerprint density at radius 2 is 1.85 bits per heavy atom. The van der Waals surface area contributed by atoms with E-state index in [-0.39, 0.29) is 12.5 Å². The number of hydrogen-bond donors (Lipinski definition) is 2. The summed E-state index contributed by atoms with van der Waals surface area (Å²) in [5.41, 5.74) is 3.80. The molecule has 2 aromatic carbocycles. The molecule has 0 bridgehead atoms. The third kappa shape index (κ3) is 7.27. The number of carbonyl (C=O) groups is 1. The van der Waals surface area contributed by atoms with Crippen molar-refractivity contribution in [1.82, 2.24) is 10.6 Å². The van der Waals surface area contributed by atoms with Crippen LogP contribution in [-0.4, -0.2) is 31.6 Å². The second-order valence-electron chi connectivity index (χ2n) is 7.10. The van der Waals surface area contributed by atoms with E-state index in [0.29, 0.717) is 6.04 Å². The molecular weight excluding hydrogens is 336 g/mol. The number of rotatable bonds is 10. The summed E-state index contributed by atoms with van der Waals surface area (Å²) in [6.07, 6.45) is 5.35. The molecule has 4 heteroatoms. The number of nitrogens with one attached hydrogen (secondary N) is 2. The highest BCUT2D eigenvalue weighted by atomic mass is 16.5. The molecule has 1 saturated carbocycles. The molecule has 0 saturated heterocycles. The Morgan fingerprint density at radius 1 is 1.11 bits per heavy atom. The number of carbonyl (C=O) groups excluding carboxylic acids is 1. The lowest BCUT2D eigenvalue weighted by Gasteiger charge is -2.08. The van der Waals surface area contributed by atoms with Gasteiger partial charge in [-0.3, -0.25) is 4.79 Å². The van der Waals surface area contributed by atoms with Gasteiger partial charge in [-0.15, -0.1) is 0 Å². The average molecular weight is 364 g/mol. The lowest BCUT2D eigenvalue weighted by atomic mass is 10.1. The fourth-order valence-electron chi connectivity index (χ4n) is 2.80. The van der Waals surface area contributed by atoms with Gasteiger partial charge in [0.1, 0.15) is 5.75 Å². The molecule has 2 aromatic rings. The smallest absolute Gasteiger partial charge is 0.258 e. The molecule has 0 spiro atoms. The lowest BCUT2D eigenvalue weighted by molar-refractivity contribution is -0.123. The highest BCUT2D eigenvalue weighted by Gasteiger charge is 2.23. The predicted octanol–water partition coefficient (Wildman–Crippen LogP) is 3.58. The van der Waals surface area contributed by atoms with Gasteiger partial charge in [0.15, 0.2) is 6.61 Å². The minimum atomic E-state index is -0.0373. The molecule has 3 rings (SSSR count). The normalized spacial score (nSPS) is 14.0. The van der Waals surface area contributed by atoms with Gasteiger partial charge < -0.3 is 15.4 Å². The van der Waals surface area contributed by atoms with Gasteiger partial charge in [-0.1, -0.05) is 54.1 Å². The highest BCUT2D eigenvalue weighted by Crippen LogP contribution is 2.18. The first-order valence-electron chi connectivity index (χ1n) is 9.63. The summed E-state index contributed by atoms with van der Waals surface area (Å²) in [4.78, 5) is 11.6. The largest absolute Gasteiger partial charge is 0.484 e. The first-order chi connectivity index (χ1) is 13.2. The standard InChI is InChI=1S/C23H28N2O2/c1-18(15-20-5-3-2-4-6-20)16-24-14-13-19-7-11-22(12-8-19)27-17-23(26)25-21-9-10-21/h2-8,11-12,15,21,24H,9-10,13-14,16-17H2,1H3,(H,25,26)/b18-15-. The summed E-state index contributed by atoms with van der Waals surface area (Å²) in [7, 11) is 0. The van der Waals surface area contributed by atoms with E-state index in [0.717, 1.165) is 38.1 Å². The van der Waals surface area contributed by atoms with Crippen molar-refractivity contribution in [3.63, 3.8) is 0 Å². The van der Waals surface area contributed by atoms with Crippen molar-refractivity contribution in [2.45, 2.75) is 32.2 Å². The number of hydrogen-bond acceptors (Lipinski definition) is 3. The molecule has 4 nitrogen and oxygen atoms in total. The van der Waals surface area contributed by atoms with Gasteiger partial charge in [0.25, 0.3) is 5.91 Å². The van der Waals surface area contributed by atoms with Gasteiger partial charge in [-0.2, -0.15) is 0 Å². The Labute approximate surface area is 161 Å². The van der Waals surface area contributed by atoms with Crippen LogP contribution in [0.25, 0.3) is 6.08 Å². The van der Waals surface area contributed by atoms with Crippen LogP contribution < -0.4 is 15.4 Å². The topological polar surface area (TPSA) is 50.4 Å². The van der Waals surface area contributed by atoms with Gasteiger partial charge in [0.2, 0.25) is 0 Å². The summed E-state index contributed by atoms with van der Waals surface area (Å²) < 4.78 is 5.53. The second kappa shape index (κ2) is 9.93. The van der Waals surface area contributed by atoms with Crippen LogP contribution in [-0.2, 0) is 11.2 Å². The van der Waals surface area contributed by atoms with Crippen molar-refractivity contribution >= 4 is 12.0 Å². The molecule has 1 fully saturated rings. The zero-order chi connectivity index (χ0) is 18.9. The molecule has 0 atom stereocenters. The van der Waals surface area contributed by atoms with Gasteiger partial charge in [-0.05, 0) is 56.0 Å². The van der Waals surface area contributed by atoms with Crippen LogP contribution in [0.3, 0.4) is 0 Å². The van der Waals surface area contributed by atoms with Crippen molar-refractivity contribution in [2.24, 2.45) is 0 Å². The molecule has 1 aliphatic carbocycles. The Morgan fingerprint density at radius 3 is 2.56 bits per heavy atom. The number of benzene rings is 2. The predicted molar refractivity (Wildman–Crippen MR) is 110 cm³/mol. The zero-order valence-electron chi connectivity index (χ0n) is 15.9. The monoisotopic (exact) mass is 364 g/mol. The summed E-state index contributed by atoms with van der Waals surface area (Å²) >= 11 is 0. The van der Waals surface area contributed by atoms with Crippen LogP contribution >= 0.6 is 0 Å². The molecule has 2 N–H and O–H groups in total. The van der Waals surface area contributed by atoms with Crippen LogP contribution in [0.1, 0.15) is 30.9 Å². The van der Waals surface area contributed by atoms with Gasteiger partial charge in [0.05, 0.1) is 0 Å². The third-order valence-corrected chi connectivity index (χ3v) is 4.44. The average Bonchev–Trinajstić information content (AvgIpc) is 3.49.